The number of aromatic nitrogens is 3. The normalized spacial score (nSPS) is 19.6. The second-order valence-electron chi connectivity index (χ2n) is 8.27. The molecule has 1 aliphatic rings. The van der Waals surface area contributed by atoms with E-state index >= 15 is 0 Å². The minimum atomic E-state index is -0.0719. The van der Waals surface area contributed by atoms with E-state index in [0.29, 0.717) is 5.13 Å². The van der Waals surface area contributed by atoms with Crippen LogP contribution < -0.4 is 5.32 Å². The van der Waals surface area contributed by atoms with E-state index in [-0.39, 0.29) is 24.7 Å². The van der Waals surface area contributed by atoms with Gasteiger partial charge in [-0.3, -0.25) is 9.69 Å². The zero-order valence-corrected chi connectivity index (χ0v) is 20.3. The van der Waals surface area contributed by atoms with Crippen molar-refractivity contribution in [1.82, 2.24) is 19.4 Å². The molecule has 31 heavy (non-hydrogen) atoms. The van der Waals surface area contributed by atoms with Crippen LogP contribution in [0.15, 0.2) is 16.8 Å². The Labute approximate surface area is 191 Å². The predicted molar refractivity (Wildman–Crippen MR) is 126 cm³/mol. The van der Waals surface area contributed by atoms with E-state index in [2.05, 4.69) is 45.5 Å². The van der Waals surface area contributed by atoms with E-state index in [0.717, 1.165) is 53.0 Å². The average molecular weight is 460 g/mol. The Hall–Kier alpha value is -2.07. The molecule has 0 saturated carbocycles. The summed E-state index contributed by atoms with van der Waals surface area (Å²) in [4.78, 5) is 24.3. The molecule has 1 amide bonds. The summed E-state index contributed by atoms with van der Waals surface area (Å²) in [5.41, 5.74) is 5.13. The topological polar surface area (TPSA) is 72.3 Å². The van der Waals surface area contributed by atoms with Crippen LogP contribution in [0.25, 0.3) is 11.3 Å². The third-order valence-electron chi connectivity index (χ3n) is 5.45. The maximum absolute atomic E-state index is 12.7. The molecular weight excluding hydrogens is 430 g/mol. The van der Waals surface area contributed by atoms with Crippen LogP contribution in [0.5, 0.6) is 0 Å². The van der Waals surface area contributed by atoms with Crippen molar-refractivity contribution < 1.29 is 9.53 Å². The largest absolute Gasteiger partial charge is 0.373 e. The van der Waals surface area contributed by atoms with Gasteiger partial charge < -0.3 is 14.6 Å². The lowest BCUT2D eigenvalue weighted by atomic mass is 10.2. The summed E-state index contributed by atoms with van der Waals surface area (Å²) in [5.74, 6) is -0.0719. The number of hydrogen-bond donors (Lipinski definition) is 1. The predicted octanol–water partition coefficient (Wildman–Crippen LogP) is 4.24. The van der Waals surface area contributed by atoms with Crippen LogP contribution in [-0.2, 0) is 22.6 Å². The number of aryl methyl sites for hydroxylation is 2. The van der Waals surface area contributed by atoms with Gasteiger partial charge in [0.25, 0.3) is 0 Å². The number of carbonyl (C=O) groups excluding carboxylic acids is 1. The summed E-state index contributed by atoms with van der Waals surface area (Å²) >= 11 is 3.11. The first-order valence-electron chi connectivity index (χ1n) is 10.5. The van der Waals surface area contributed by atoms with Gasteiger partial charge in [-0.15, -0.1) is 22.7 Å². The fraction of sp³-hybridized carbons (Fsp3) is 0.500. The van der Waals surface area contributed by atoms with Crippen molar-refractivity contribution >= 4 is 33.7 Å². The zero-order valence-electron chi connectivity index (χ0n) is 18.6. The molecule has 2 atom stereocenters. The number of amides is 1. The first-order valence-corrected chi connectivity index (χ1v) is 12.3. The molecule has 0 radical (unpaired) electrons. The molecule has 3 aromatic heterocycles. The van der Waals surface area contributed by atoms with Gasteiger partial charge in [-0.1, -0.05) is 0 Å². The second-order valence-corrected chi connectivity index (χ2v) is 10.2. The summed E-state index contributed by atoms with van der Waals surface area (Å²) in [6.45, 7) is 13.1. The lowest BCUT2D eigenvalue weighted by Crippen LogP contribution is -2.44. The van der Waals surface area contributed by atoms with Crippen LogP contribution in [0.2, 0.25) is 0 Å². The van der Waals surface area contributed by atoms with Crippen LogP contribution in [0.4, 0.5) is 5.13 Å². The highest BCUT2D eigenvalue weighted by Gasteiger charge is 2.23. The van der Waals surface area contributed by atoms with Gasteiger partial charge >= 0.3 is 0 Å². The van der Waals surface area contributed by atoms with Crippen LogP contribution >= 0.6 is 22.7 Å². The third kappa shape index (κ3) is 5.23. The van der Waals surface area contributed by atoms with E-state index in [9.17, 15) is 4.79 Å². The van der Waals surface area contributed by atoms with Crippen molar-refractivity contribution in [2.75, 3.05) is 18.4 Å². The Morgan fingerprint density at radius 3 is 2.58 bits per heavy atom. The molecule has 3 aromatic rings. The lowest BCUT2D eigenvalue weighted by Gasteiger charge is -2.34. The van der Waals surface area contributed by atoms with Gasteiger partial charge in [0.2, 0.25) is 5.91 Å². The average Bonchev–Trinajstić information content (AvgIpc) is 3.37. The van der Waals surface area contributed by atoms with Gasteiger partial charge in [-0.05, 0) is 40.7 Å². The highest BCUT2D eigenvalue weighted by Crippen LogP contribution is 2.28. The number of carbonyl (C=O) groups is 1. The molecule has 1 fully saturated rings. The maximum atomic E-state index is 12.7. The molecule has 9 heteroatoms. The maximum Gasteiger partial charge on any atom is 0.246 e. The number of morpholine rings is 1. The van der Waals surface area contributed by atoms with Gasteiger partial charge in [0, 0.05) is 47.3 Å². The van der Waals surface area contributed by atoms with Crippen LogP contribution in [0.1, 0.15) is 35.9 Å². The molecule has 4 heterocycles. The molecular formula is C22H29N5O2S2. The van der Waals surface area contributed by atoms with Crippen molar-refractivity contribution in [1.29, 1.82) is 0 Å². The molecule has 166 valence electrons. The number of hydrogen-bond acceptors (Lipinski definition) is 7. The molecule has 1 saturated heterocycles. The summed E-state index contributed by atoms with van der Waals surface area (Å²) in [6, 6.07) is 2.10. The van der Waals surface area contributed by atoms with E-state index < -0.39 is 0 Å². The van der Waals surface area contributed by atoms with Gasteiger partial charge in [0.05, 0.1) is 28.6 Å². The monoisotopic (exact) mass is 459 g/mol. The van der Waals surface area contributed by atoms with E-state index in [1.807, 2.05) is 30.7 Å². The Balaban J connectivity index is 1.38. The van der Waals surface area contributed by atoms with Crippen LogP contribution in [0, 0.1) is 20.8 Å². The third-order valence-corrected chi connectivity index (χ3v) is 7.03. The van der Waals surface area contributed by atoms with E-state index in [1.54, 1.807) is 11.3 Å². The summed E-state index contributed by atoms with van der Waals surface area (Å²) in [6.07, 6.45) is 0.459. The number of anilines is 1. The Bertz CT molecular complexity index is 1060. The van der Waals surface area contributed by atoms with Crippen molar-refractivity contribution in [2.24, 2.45) is 0 Å². The first-order chi connectivity index (χ1) is 14.8. The summed E-state index contributed by atoms with van der Waals surface area (Å²) in [7, 11) is 0. The number of nitrogens with one attached hydrogen (secondary N) is 1. The molecule has 0 aliphatic carbocycles. The number of rotatable bonds is 6. The smallest absolute Gasteiger partial charge is 0.246 e. The van der Waals surface area contributed by atoms with E-state index in [4.69, 9.17) is 4.74 Å². The number of ether oxygens (including phenoxy) is 1. The summed E-state index contributed by atoms with van der Waals surface area (Å²) in [5, 5.41) is 8.74. The first kappa shape index (κ1) is 22.1. The molecule has 1 aliphatic heterocycles. The van der Waals surface area contributed by atoms with Crippen LogP contribution in [-0.4, -0.2) is 50.6 Å². The van der Waals surface area contributed by atoms with Gasteiger partial charge in [-0.25, -0.2) is 9.97 Å². The Morgan fingerprint density at radius 2 is 1.90 bits per heavy atom. The molecule has 4 rings (SSSR count). The number of thiazole rings is 2. The van der Waals surface area contributed by atoms with Gasteiger partial charge in [0.15, 0.2) is 5.13 Å². The van der Waals surface area contributed by atoms with Crippen molar-refractivity contribution in [3.63, 3.8) is 0 Å². The minimum absolute atomic E-state index is 0.0719. The fourth-order valence-electron chi connectivity index (χ4n) is 4.17. The zero-order chi connectivity index (χ0) is 22.1. The van der Waals surface area contributed by atoms with Crippen molar-refractivity contribution in [3.8, 4) is 11.3 Å². The minimum Gasteiger partial charge on any atom is -0.373 e. The number of nitrogens with zero attached hydrogens (tertiary/aromatic N) is 4. The van der Waals surface area contributed by atoms with Gasteiger partial charge in [0.1, 0.15) is 6.54 Å². The summed E-state index contributed by atoms with van der Waals surface area (Å²) < 4.78 is 7.83. The second kappa shape index (κ2) is 9.20. The quantitative estimate of drug-likeness (QED) is 0.597. The molecule has 1 N–H and O–H groups in total. The van der Waals surface area contributed by atoms with Crippen molar-refractivity contribution in [3.05, 3.63) is 38.9 Å². The van der Waals surface area contributed by atoms with E-state index in [1.165, 1.54) is 11.3 Å². The van der Waals surface area contributed by atoms with Crippen LogP contribution in [0.3, 0.4) is 0 Å². The molecule has 2 unspecified atom stereocenters. The molecule has 0 aromatic carbocycles. The molecule has 0 spiro atoms. The fourth-order valence-corrected chi connectivity index (χ4v) is 5.50. The highest BCUT2D eigenvalue weighted by molar-refractivity contribution is 7.13. The Morgan fingerprint density at radius 1 is 1.16 bits per heavy atom. The van der Waals surface area contributed by atoms with Crippen molar-refractivity contribution in [2.45, 2.75) is 59.9 Å². The molecule has 0 bridgehead atoms. The Kier molecular flexibility index (Phi) is 6.57. The van der Waals surface area contributed by atoms with Gasteiger partial charge in [-0.2, -0.15) is 0 Å². The molecule has 7 nitrogen and oxygen atoms in total. The SMILES string of the molecule is Cc1nc(-c2cc(C)n(CC(=O)Nc3nc(CN4CC(C)OC(C)C4)cs3)c2C)cs1. The standard InChI is InChI=1S/C22H29N5O2S2/c1-13-6-19(20-12-30-17(5)23-20)16(4)27(13)10-21(28)25-22-24-18(11-31-22)9-26-7-14(2)29-15(3)8-26/h6,11-12,14-15H,7-10H2,1-5H3,(H,24,25,28). The lowest BCUT2D eigenvalue weighted by molar-refractivity contribution is -0.116. The highest BCUT2D eigenvalue weighted by atomic mass is 32.1.